The third kappa shape index (κ3) is 3.54. The summed E-state index contributed by atoms with van der Waals surface area (Å²) in [6.07, 6.45) is 3.09. The van der Waals surface area contributed by atoms with E-state index in [0.29, 0.717) is 0 Å². The van der Waals surface area contributed by atoms with Crippen LogP contribution in [0.5, 0.6) is 5.75 Å². The number of phenolic OH excluding ortho intramolecular Hbond substituents is 1. The predicted octanol–water partition coefficient (Wildman–Crippen LogP) is 0.849. The number of rotatable bonds is 4. The number of H-pyrrole nitrogens is 1. The van der Waals surface area contributed by atoms with E-state index in [-0.39, 0.29) is 34.6 Å². The number of nitrogens with zero attached hydrogens (tertiary/aromatic N) is 1. The summed E-state index contributed by atoms with van der Waals surface area (Å²) >= 11 is 0. The zero-order valence-electron chi connectivity index (χ0n) is 13.0. The molecule has 8 heteroatoms. The molecule has 8 nitrogen and oxygen atoms in total. The van der Waals surface area contributed by atoms with E-state index < -0.39 is 5.91 Å². The molecule has 2 amide bonds. The molecule has 0 atom stereocenters. The van der Waals surface area contributed by atoms with Gasteiger partial charge in [0.05, 0.1) is 17.4 Å². The fourth-order valence-corrected chi connectivity index (χ4v) is 2.63. The van der Waals surface area contributed by atoms with Crippen molar-refractivity contribution in [2.24, 2.45) is 0 Å². The largest absolute Gasteiger partial charge is 0.507 e. The Hall–Kier alpha value is -2.87. The van der Waals surface area contributed by atoms with Gasteiger partial charge in [0.25, 0.3) is 11.8 Å². The minimum absolute atomic E-state index is 0.101. The normalized spacial score (nSPS) is 15.0. The van der Waals surface area contributed by atoms with Crippen molar-refractivity contribution in [3.05, 3.63) is 41.7 Å². The van der Waals surface area contributed by atoms with E-state index in [9.17, 15) is 14.7 Å². The van der Waals surface area contributed by atoms with E-state index in [4.69, 9.17) is 0 Å². The summed E-state index contributed by atoms with van der Waals surface area (Å²) in [6.45, 7) is 1.73. The Labute approximate surface area is 138 Å². The Bertz CT molecular complexity index is 737. The highest BCUT2D eigenvalue weighted by molar-refractivity contribution is 6.09. The lowest BCUT2D eigenvalue weighted by Gasteiger charge is -2.23. The Morgan fingerprint density at radius 2 is 1.92 bits per heavy atom. The average Bonchev–Trinajstić information content (AvgIpc) is 3.04. The number of aromatic amines is 1. The molecule has 0 aliphatic carbocycles. The van der Waals surface area contributed by atoms with E-state index in [1.807, 2.05) is 0 Å². The molecule has 2 aromatic rings. The van der Waals surface area contributed by atoms with Crippen molar-refractivity contribution in [3.63, 3.8) is 0 Å². The van der Waals surface area contributed by atoms with Crippen LogP contribution in [0.15, 0.2) is 30.5 Å². The van der Waals surface area contributed by atoms with Gasteiger partial charge < -0.3 is 21.1 Å². The minimum atomic E-state index is -0.509. The summed E-state index contributed by atoms with van der Waals surface area (Å²) in [7, 11) is 0. The third-order valence-corrected chi connectivity index (χ3v) is 3.94. The number of hydrogen-bond acceptors (Lipinski definition) is 5. The van der Waals surface area contributed by atoms with Crippen LogP contribution in [0.3, 0.4) is 0 Å². The van der Waals surface area contributed by atoms with Crippen molar-refractivity contribution in [1.82, 2.24) is 20.8 Å². The maximum Gasteiger partial charge on any atom is 0.271 e. The predicted molar refractivity (Wildman–Crippen MR) is 88.0 cm³/mol. The van der Waals surface area contributed by atoms with Gasteiger partial charge in [-0.05, 0) is 38.1 Å². The molecule has 0 spiro atoms. The fraction of sp³-hybridized carbons (Fsp3) is 0.312. The molecule has 1 aromatic carbocycles. The topological polar surface area (TPSA) is 119 Å². The Morgan fingerprint density at radius 3 is 2.67 bits per heavy atom. The zero-order valence-corrected chi connectivity index (χ0v) is 13.0. The van der Waals surface area contributed by atoms with Crippen molar-refractivity contribution >= 4 is 17.5 Å². The summed E-state index contributed by atoms with van der Waals surface area (Å²) in [6, 6.07) is 6.30. The number of anilines is 1. The molecule has 1 saturated heterocycles. The first-order valence-electron chi connectivity index (χ1n) is 7.79. The molecular weight excluding hydrogens is 310 g/mol. The third-order valence-electron chi connectivity index (χ3n) is 3.94. The van der Waals surface area contributed by atoms with Crippen LogP contribution in [0.25, 0.3) is 0 Å². The molecule has 5 N–H and O–H groups in total. The summed E-state index contributed by atoms with van der Waals surface area (Å²) in [5.41, 5.74) is 0.593. The second kappa shape index (κ2) is 7.14. The lowest BCUT2D eigenvalue weighted by molar-refractivity contribution is 0.0925. The van der Waals surface area contributed by atoms with Crippen molar-refractivity contribution in [2.45, 2.75) is 18.9 Å². The number of piperidine rings is 1. The van der Waals surface area contributed by atoms with Gasteiger partial charge in [-0.2, -0.15) is 5.10 Å². The van der Waals surface area contributed by atoms with Crippen molar-refractivity contribution in [1.29, 1.82) is 0 Å². The monoisotopic (exact) mass is 329 g/mol. The van der Waals surface area contributed by atoms with Crippen LogP contribution < -0.4 is 16.0 Å². The van der Waals surface area contributed by atoms with Gasteiger partial charge >= 0.3 is 0 Å². The maximum absolute atomic E-state index is 12.4. The van der Waals surface area contributed by atoms with Gasteiger partial charge in [0.15, 0.2) is 0 Å². The zero-order chi connectivity index (χ0) is 16.9. The van der Waals surface area contributed by atoms with Gasteiger partial charge in [-0.15, -0.1) is 0 Å². The molecule has 126 valence electrons. The van der Waals surface area contributed by atoms with Gasteiger partial charge in [0, 0.05) is 6.04 Å². The van der Waals surface area contributed by atoms with Crippen LogP contribution in [0.2, 0.25) is 0 Å². The first-order chi connectivity index (χ1) is 11.6. The van der Waals surface area contributed by atoms with Gasteiger partial charge in [-0.25, -0.2) is 0 Å². The Morgan fingerprint density at radius 1 is 1.17 bits per heavy atom. The van der Waals surface area contributed by atoms with Gasteiger partial charge in [0.1, 0.15) is 11.4 Å². The molecule has 1 aliphatic rings. The molecular formula is C16H19N5O3. The van der Waals surface area contributed by atoms with Crippen LogP contribution in [0, 0.1) is 0 Å². The van der Waals surface area contributed by atoms with Crippen LogP contribution in [0.1, 0.15) is 33.7 Å². The first kappa shape index (κ1) is 16.0. The van der Waals surface area contributed by atoms with Crippen molar-refractivity contribution in [3.8, 4) is 5.75 Å². The van der Waals surface area contributed by atoms with Crippen LogP contribution in [-0.4, -0.2) is 46.2 Å². The molecule has 0 radical (unpaired) electrons. The van der Waals surface area contributed by atoms with Gasteiger partial charge in [0.2, 0.25) is 0 Å². The molecule has 1 aromatic heterocycles. The molecule has 1 fully saturated rings. The lowest BCUT2D eigenvalue weighted by atomic mass is 10.1. The van der Waals surface area contributed by atoms with E-state index in [2.05, 4.69) is 26.1 Å². The number of amides is 2. The average molecular weight is 329 g/mol. The van der Waals surface area contributed by atoms with Crippen molar-refractivity contribution in [2.75, 3.05) is 18.4 Å². The second-order valence-corrected chi connectivity index (χ2v) is 5.63. The number of carbonyl (C=O) groups is 2. The Balaban J connectivity index is 1.69. The van der Waals surface area contributed by atoms with Crippen LogP contribution in [0.4, 0.5) is 5.69 Å². The van der Waals surface area contributed by atoms with Gasteiger partial charge in [-0.3, -0.25) is 14.7 Å². The molecule has 0 saturated carbocycles. The quantitative estimate of drug-likeness (QED) is 0.570. The highest BCUT2D eigenvalue weighted by Crippen LogP contribution is 2.19. The number of nitrogens with one attached hydrogen (secondary N) is 4. The van der Waals surface area contributed by atoms with Crippen molar-refractivity contribution < 1.29 is 14.7 Å². The molecule has 3 rings (SSSR count). The number of carbonyl (C=O) groups excluding carboxylic acids is 2. The Kier molecular flexibility index (Phi) is 4.76. The number of phenols is 1. The number of para-hydroxylation sites is 1. The fourth-order valence-electron chi connectivity index (χ4n) is 2.63. The SMILES string of the molecule is O=C(Nc1cn[nH]c1C(=O)NC1CCNCC1)c1ccccc1O. The van der Waals surface area contributed by atoms with Crippen LogP contribution >= 0.6 is 0 Å². The number of hydrogen-bond donors (Lipinski definition) is 5. The second-order valence-electron chi connectivity index (χ2n) is 5.63. The van der Waals surface area contributed by atoms with E-state index in [1.165, 1.54) is 18.3 Å². The molecule has 1 aliphatic heterocycles. The van der Waals surface area contributed by atoms with Gasteiger partial charge in [-0.1, -0.05) is 12.1 Å². The van der Waals surface area contributed by atoms with E-state index in [0.717, 1.165) is 25.9 Å². The van der Waals surface area contributed by atoms with E-state index in [1.54, 1.807) is 12.1 Å². The summed E-state index contributed by atoms with van der Waals surface area (Å²) in [5.74, 6) is -0.948. The number of benzene rings is 1. The summed E-state index contributed by atoms with van der Waals surface area (Å²) < 4.78 is 0. The summed E-state index contributed by atoms with van der Waals surface area (Å²) in [4.78, 5) is 24.6. The minimum Gasteiger partial charge on any atom is -0.507 e. The first-order valence-corrected chi connectivity index (χ1v) is 7.79. The molecule has 0 bridgehead atoms. The van der Waals surface area contributed by atoms with E-state index >= 15 is 0 Å². The number of aromatic nitrogens is 2. The molecule has 2 heterocycles. The summed E-state index contributed by atoms with van der Waals surface area (Å²) in [5, 5.41) is 24.9. The highest BCUT2D eigenvalue weighted by Gasteiger charge is 2.21. The molecule has 24 heavy (non-hydrogen) atoms. The maximum atomic E-state index is 12.4. The smallest absolute Gasteiger partial charge is 0.271 e. The lowest BCUT2D eigenvalue weighted by Crippen LogP contribution is -2.43. The standard InChI is InChI=1S/C16H19N5O3/c22-13-4-2-1-3-11(13)15(23)20-12-9-18-21-14(12)16(24)19-10-5-7-17-8-6-10/h1-4,9-10,17,22H,5-8H2,(H,18,21)(H,19,24)(H,20,23). The van der Waals surface area contributed by atoms with Crippen LogP contribution in [-0.2, 0) is 0 Å². The highest BCUT2D eigenvalue weighted by atomic mass is 16.3. The number of aromatic hydroxyl groups is 1. The molecule has 0 unspecified atom stereocenters.